The van der Waals surface area contributed by atoms with Crippen molar-refractivity contribution in [1.29, 1.82) is 0 Å². The van der Waals surface area contributed by atoms with E-state index in [0.29, 0.717) is 32.3 Å². The number of ether oxygens (including phenoxy) is 1. The van der Waals surface area contributed by atoms with E-state index in [9.17, 15) is 10.2 Å². The van der Waals surface area contributed by atoms with Crippen LogP contribution >= 0.6 is 24.0 Å². The molecule has 4 N–H and O–H groups in total. The van der Waals surface area contributed by atoms with E-state index in [4.69, 9.17) is 4.74 Å². The fourth-order valence-electron chi connectivity index (χ4n) is 2.44. The topological polar surface area (TPSA) is 86.1 Å². The van der Waals surface area contributed by atoms with Crippen LogP contribution in [0.3, 0.4) is 0 Å². The van der Waals surface area contributed by atoms with Crippen molar-refractivity contribution in [3.63, 3.8) is 0 Å². The van der Waals surface area contributed by atoms with Gasteiger partial charge in [0.25, 0.3) is 0 Å². The normalized spacial score (nSPS) is 17.4. The van der Waals surface area contributed by atoms with Crippen molar-refractivity contribution in [1.82, 2.24) is 10.6 Å². The van der Waals surface area contributed by atoms with Gasteiger partial charge in [0.15, 0.2) is 5.96 Å². The molecular weight excluding hydrogens is 421 g/mol. The fraction of sp³-hybridized carbons (Fsp3) is 0.588. The molecule has 6 nitrogen and oxygen atoms in total. The van der Waals surface area contributed by atoms with E-state index in [2.05, 4.69) is 15.6 Å². The van der Waals surface area contributed by atoms with E-state index in [1.165, 1.54) is 0 Å². The number of nitrogens with one attached hydrogen (secondary N) is 2. The third-order valence-electron chi connectivity index (χ3n) is 4.08. The van der Waals surface area contributed by atoms with Crippen molar-refractivity contribution < 1.29 is 14.9 Å². The standard InChI is InChI=1S/C17H27N3O3.HI/c1-2-18-16(20-10-17(11-22)12-23-13-17)19-8-15(9-21)14-6-4-3-5-7-14;/h3-7,15,21-22H,2,8-13H2,1H3,(H2,18,19,20);1H. The van der Waals surface area contributed by atoms with Crippen LogP contribution < -0.4 is 10.6 Å². The summed E-state index contributed by atoms with van der Waals surface area (Å²) < 4.78 is 5.19. The van der Waals surface area contributed by atoms with Crippen molar-refractivity contribution in [2.24, 2.45) is 10.4 Å². The van der Waals surface area contributed by atoms with Crippen LogP contribution in [-0.4, -0.2) is 62.2 Å². The summed E-state index contributed by atoms with van der Waals surface area (Å²) in [6, 6.07) is 9.93. The van der Waals surface area contributed by atoms with Gasteiger partial charge in [-0.2, -0.15) is 0 Å². The van der Waals surface area contributed by atoms with E-state index < -0.39 is 0 Å². The molecule has 1 heterocycles. The smallest absolute Gasteiger partial charge is 0.191 e. The van der Waals surface area contributed by atoms with Crippen LogP contribution in [-0.2, 0) is 4.74 Å². The first-order valence-corrected chi connectivity index (χ1v) is 8.09. The molecule has 0 bridgehead atoms. The van der Waals surface area contributed by atoms with Gasteiger partial charge in [-0.1, -0.05) is 30.3 Å². The molecule has 1 fully saturated rings. The summed E-state index contributed by atoms with van der Waals surface area (Å²) >= 11 is 0. The van der Waals surface area contributed by atoms with Gasteiger partial charge in [0.1, 0.15) is 0 Å². The predicted octanol–water partition coefficient (Wildman–Crippen LogP) is 0.945. The number of halogens is 1. The number of aliphatic imine (C=N–C) groups is 1. The van der Waals surface area contributed by atoms with E-state index in [-0.39, 0.29) is 48.5 Å². The first-order chi connectivity index (χ1) is 11.2. The molecule has 2 rings (SSSR count). The molecule has 1 aromatic rings. The monoisotopic (exact) mass is 449 g/mol. The summed E-state index contributed by atoms with van der Waals surface area (Å²) in [6.45, 7) is 5.13. The number of benzene rings is 1. The summed E-state index contributed by atoms with van der Waals surface area (Å²) in [7, 11) is 0. The third kappa shape index (κ3) is 5.87. The van der Waals surface area contributed by atoms with Crippen molar-refractivity contribution in [3.05, 3.63) is 35.9 Å². The van der Waals surface area contributed by atoms with Gasteiger partial charge in [-0.15, -0.1) is 24.0 Å². The Morgan fingerprint density at radius 2 is 1.96 bits per heavy atom. The fourth-order valence-corrected chi connectivity index (χ4v) is 2.44. The summed E-state index contributed by atoms with van der Waals surface area (Å²) in [5.41, 5.74) is 0.857. The quantitative estimate of drug-likeness (QED) is 0.270. The van der Waals surface area contributed by atoms with Gasteiger partial charge < -0.3 is 25.6 Å². The second-order valence-electron chi connectivity index (χ2n) is 6.02. The van der Waals surface area contributed by atoms with Gasteiger partial charge in [0, 0.05) is 19.0 Å². The first kappa shape index (κ1) is 21.1. The van der Waals surface area contributed by atoms with Crippen molar-refractivity contribution in [3.8, 4) is 0 Å². The molecule has 1 aliphatic heterocycles. The van der Waals surface area contributed by atoms with Gasteiger partial charge >= 0.3 is 0 Å². The Bertz CT molecular complexity index is 490. The predicted molar refractivity (Wildman–Crippen MR) is 106 cm³/mol. The maximum atomic E-state index is 9.62. The lowest BCUT2D eigenvalue weighted by atomic mass is 9.87. The molecule has 0 aliphatic carbocycles. The zero-order chi connectivity index (χ0) is 16.5. The van der Waals surface area contributed by atoms with Gasteiger partial charge in [0.2, 0.25) is 0 Å². The van der Waals surface area contributed by atoms with Crippen LogP contribution in [0.4, 0.5) is 0 Å². The molecule has 1 saturated heterocycles. The Morgan fingerprint density at radius 1 is 1.25 bits per heavy atom. The minimum absolute atomic E-state index is 0. The summed E-state index contributed by atoms with van der Waals surface area (Å²) in [6.07, 6.45) is 0. The molecule has 1 aliphatic rings. The van der Waals surface area contributed by atoms with Crippen molar-refractivity contribution >= 4 is 29.9 Å². The molecule has 136 valence electrons. The minimum atomic E-state index is -0.238. The molecule has 0 aromatic heterocycles. The number of guanidine groups is 1. The highest BCUT2D eigenvalue weighted by Gasteiger charge is 2.38. The Labute approximate surface area is 160 Å². The number of nitrogens with zero attached hydrogens (tertiary/aromatic N) is 1. The second-order valence-corrected chi connectivity index (χ2v) is 6.02. The number of aliphatic hydroxyl groups is 2. The van der Waals surface area contributed by atoms with Crippen LogP contribution in [0.2, 0.25) is 0 Å². The van der Waals surface area contributed by atoms with E-state index in [1.54, 1.807) is 0 Å². The maximum absolute atomic E-state index is 9.62. The molecule has 1 atom stereocenters. The minimum Gasteiger partial charge on any atom is -0.396 e. The molecule has 1 unspecified atom stereocenters. The van der Waals surface area contributed by atoms with Gasteiger partial charge in [0.05, 0.1) is 38.4 Å². The number of hydrogen-bond acceptors (Lipinski definition) is 4. The second kappa shape index (κ2) is 10.9. The van der Waals surface area contributed by atoms with Crippen LogP contribution in [0.15, 0.2) is 35.3 Å². The van der Waals surface area contributed by atoms with Crippen LogP contribution in [0.1, 0.15) is 18.4 Å². The average Bonchev–Trinajstić information content (AvgIpc) is 2.55. The Morgan fingerprint density at radius 3 is 2.46 bits per heavy atom. The maximum Gasteiger partial charge on any atom is 0.191 e. The first-order valence-electron chi connectivity index (χ1n) is 8.09. The Kier molecular flexibility index (Phi) is 9.57. The van der Waals surface area contributed by atoms with Crippen LogP contribution in [0.5, 0.6) is 0 Å². The molecule has 24 heavy (non-hydrogen) atoms. The highest BCUT2D eigenvalue weighted by atomic mass is 127. The van der Waals surface area contributed by atoms with Gasteiger partial charge in [-0.25, -0.2) is 0 Å². The number of aliphatic hydroxyl groups excluding tert-OH is 2. The van der Waals surface area contributed by atoms with Crippen molar-refractivity contribution in [2.75, 3.05) is 46.1 Å². The average molecular weight is 449 g/mol. The van der Waals surface area contributed by atoms with Crippen LogP contribution in [0.25, 0.3) is 0 Å². The summed E-state index contributed by atoms with van der Waals surface area (Å²) in [5.74, 6) is 0.709. The highest BCUT2D eigenvalue weighted by molar-refractivity contribution is 14.0. The van der Waals surface area contributed by atoms with Crippen molar-refractivity contribution in [2.45, 2.75) is 12.8 Å². The molecule has 0 amide bonds. The van der Waals surface area contributed by atoms with Gasteiger partial charge in [-0.05, 0) is 12.5 Å². The van der Waals surface area contributed by atoms with E-state index in [1.807, 2.05) is 37.3 Å². The Balaban J connectivity index is 0.00000288. The molecule has 0 spiro atoms. The molecule has 0 saturated carbocycles. The molecular formula is C17H28IN3O3. The zero-order valence-corrected chi connectivity index (χ0v) is 16.4. The Hall–Kier alpha value is -0.900. The lowest BCUT2D eigenvalue weighted by Crippen LogP contribution is -2.49. The van der Waals surface area contributed by atoms with E-state index >= 15 is 0 Å². The highest BCUT2D eigenvalue weighted by Crippen LogP contribution is 2.26. The molecule has 7 heteroatoms. The summed E-state index contributed by atoms with van der Waals surface area (Å²) in [4.78, 5) is 4.55. The number of hydrogen-bond donors (Lipinski definition) is 4. The molecule has 0 radical (unpaired) electrons. The zero-order valence-electron chi connectivity index (χ0n) is 14.1. The summed E-state index contributed by atoms with van der Waals surface area (Å²) in [5, 5.41) is 25.5. The van der Waals surface area contributed by atoms with Crippen LogP contribution in [0, 0.1) is 5.41 Å². The SMILES string of the molecule is CCNC(=NCC1(CO)COC1)NCC(CO)c1ccccc1.I. The van der Waals surface area contributed by atoms with Gasteiger partial charge in [-0.3, -0.25) is 4.99 Å². The number of rotatable bonds is 8. The lowest BCUT2D eigenvalue weighted by Gasteiger charge is -2.38. The third-order valence-corrected chi connectivity index (χ3v) is 4.08. The van der Waals surface area contributed by atoms with E-state index in [0.717, 1.165) is 12.1 Å². The largest absolute Gasteiger partial charge is 0.396 e. The lowest BCUT2D eigenvalue weighted by molar-refractivity contribution is -0.130. The molecule has 1 aromatic carbocycles.